The van der Waals surface area contributed by atoms with E-state index in [9.17, 15) is 18.4 Å². The Morgan fingerprint density at radius 2 is 1.85 bits per heavy atom. The Bertz CT molecular complexity index is 1160. The summed E-state index contributed by atoms with van der Waals surface area (Å²) in [5.74, 6) is -4.16. The van der Waals surface area contributed by atoms with E-state index < -0.39 is 36.2 Å². The van der Waals surface area contributed by atoms with Gasteiger partial charge in [0.15, 0.2) is 5.82 Å². The van der Waals surface area contributed by atoms with Gasteiger partial charge < -0.3 is 16.4 Å². The minimum Gasteiger partial charge on any atom is -0.359 e. The van der Waals surface area contributed by atoms with Crippen molar-refractivity contribution in [3.8, 4) is 0 Å². The lowest BCUT2D eigenvalue weighted by Gasteiger charge is -2.17. The zero-order chi connectivity index (χ0) is 23.8. The second kappa shape index (κ2) is 11.0. The van der Waals surface area contributed by atoms with Crippen LogP contribution in [0.15, 0.2) is 59.7 Å². The third-order valence-corrected chi connectivity index (χ3v) is 5.13. The second-order valence-corrected chi connectivity index (χ2v) is 7.57. The first-order valence-corrected chi connectivity index (χ1v) is 10.5. The summed E-state index contributed by atoms with van der Waals surface area (Å²) in [6.07, 6.45) is 3.04. The number of hydrogen-bond donors (Lipinski definition) is 3. The van der Waals surface area contributed by atoms with Crippen molar-refractivity contribution >= 4 is 23.3 Å². The van der Waals surface area contributed by atoms with Gasteiger partial charge in [0.05, 0.1) is 12.7 Å². The molecule has 33 heavy (non-hydrogen) atoms. The Morgan fingerprint density at radius 1 is 1.12 bits per heavy atom. The highest BCUT2D eigenvalue weighted by Crippen LogP contribution is 2.25. The molecular weight excluding hydrogens is 454 g/mol. The van der Waals surface area contributed by atoms with Crippen LogP contribution in [-0.2, 0) is 30.2 Å². The molecule has 2 aromatic heterocycles. The number of amides is 1. The number of halogens is 3. The molecule has 0 unspecified atom stereocenters. The van der Waals surface area contributed by atoms with Crippen LogP contribution in [-0.4, -0.2) is 33.5 Å². The molecule has 0 saturated carbocycles. The third kappa shape index (κ3) is 6.33. The van der Waals surface area contributed by atoms with Crippen LogP contribution in [0.1, 0.15) is 16.8 Å². The molecule has 0 atom stereocenters. The van der Waals surface area contributed by atoms with Gasteiger partial charge in [0.1, 0.15) is 17.4 Å². The Labute approximate surface area is 193 Å². The average Bonchev–Trinajstić information content (AvgIpc) is 2.81. The van der Waals surface area contributed by atoms with Crippen LogP contribution >= 0.6 is 11.6 Å². The minimum atomic E-state index is -3.34. The van der Waals surface area contributed by atoms with Gasteiger partial charge in [0.2, 0.25) is 5.91 Å². The lowest BCUT2D eigenvalue weighted by atomic mass is 10.0. The largest absolute Gasteiger partial charge is 0.359 e. The number of benzene rings is 1. The normalized spacial score (nSPS) is 11.3. The first-order valence-electron chi connectivity index (χ1n) is 10.1. The van der Waals surface area contributed by atoms with Crippen molar-refractivity contribution in [2.45, 2.75) is 25.4 Å². The highest BCUT2D eigenvalue weighted by atomic mass is 35.5. The van der Waals surface area contributed by atoms with E-state index in [4.69, 9.17) is 17.3 Å². The van der Waals surface area contributed by atoms with Gasteiger partial charge in [-0.05, 0) is 36.2 Å². The first kappa shape index (κ1) is 24.3. The van der Waals surface area contributed by atoms with Crippen LogP contribution in [0, 0.1) is 0 Å². The van der Waals surface area contributed by atoms with Crippen LogP contribution in [0.3, 0.4) is 0 Å². The molecule has 0 aliphatic rings. The summed E-state index contributed by atoms with van der Waals surface area (Å²) in [7, 11) is 0. The summed E-state index contributed by atoms with van der Waals surface area (Å²) in [5.41, 5.74) is 6.30. The van der Waals surface area contributed by atoms with Crippen molar-refractivity contribution in [1.29, 1.82) is 0 Å². The summed E-state index contributed by atoms with van der Waals surface area (Å²) >= 11 is 6.04. The lowest BCUT2D eigenvalue weighted by Crippen LogP contribution is -2.35. The zero-order valence-electron chi connectivity index (χ0n) is 17.6. The zero-order valence-corrected chi connectivity index (χ0v) is 18.4. The van der Waals surface area contributed by atoms with Gasteiger partial charge in [-0.1, -0.05) is 41.9 Å². The summed E-state index contributed by atoms with van der Waals surface area (Å²) in [6.45, 7) is -0.585. The van der Waals surface area contributed by atoms with Crippen molar-refractivity contribution in [3.05, 3.63) is 87.2 Å². The molecule has 3 aromatic rings. The summed E-state index contributed by atoms with van der Waals surface area (Å²) in [4.78, 5) is 32.6. The molecular formula is C22H23ClF2N6O2. The molecule has 0 saturated heterocycles. The number of pyridine rings is 1. The highest BCUT2D eigenvalue weighted by molar-refractivity contribution is 6.29. The van der Waals surface area contributed by atoms with Crippen LogP contribution in [0.5, 0.6) is 0 Å². The lowest BCUT2D eigenvalue weighted by molar-refractivity contribution is -0.121. The molecule has 1 amide bonds. The van der Waals surface area contributed by atoms with Gasteiger partial charge in [-0.2, -0.15) is 8.78 Å². The standard InChI is InChI=1S/C22H23ClF2N6O2/c23-18-12-29-20(30-14-22(24,25)17-7-3-4-10-27-17)21(33)31(18)13-19(32)28-11-16-6-2-1-5-15(16)8-9-26/h1-7,10,12H,8-9,11,13-14,26H2,(H,28,32)(H,29,30). The number of anilines is 1. The number of rotatable bonds is 10. The molecule has 4 N–H and O–H groups in total. The number of alkyl halides is 2. The van der Waals surface area contributed by atoms with Gasteiger partial charge in [-0.3, -0.25) is 19.1 Å². The first-order chi connectivity index (χ1) is 15.8. The third-order valence-electron chi connectivity index (χ3n) is 4.83. The second-order valence-electron chi connectivity index (χ2n) is 7.18. The van der Waals surface area contributed by atoms with Gasteiger partial charge in [0.25, 0.3) is 5.56 Å². The number of carbonyl (C=O) groups is 1. The van der Waals surface area contributed by atoms with E-state index in [0.717, 1.165) is 21.9 Å². The fourth-order valence-electron chi connectivity index (χ4n) is 3.12. The molecule has 8 nitrogen and oxygen atoms in total. The minimum absolute atomic E-state index is 0.0966. The van der Waals surface area contributed by atoms with E-state index in [-0.39, 0.29) is 17.5 Å². The maximum absolute atomic E-state index is 14.4. The molecule has 3 rings (SSSR count). The van der Waals surface area contributed by atoms with E-state index >= 15 is 0 Å². The van der Waals surface area contributed by atoms with Crippen LogP contribution < -0.4 is 21.9 Å². The molecule has 11 heteroatoms. The molecule has 0 radical (unpaired) electrons. The Hall–Kier alpha value is -3.37. The number of nitrogens with zero attached hydrogens (tertiary/aromatic N) is 3. The fraction of sp³-hybridized carbons (Fsp3) is 0.273. The summed E-state index contributed by atoms with van der Waals surface area (Å²) in [5, 5.41) is 4.97. The number of hydrogen-bond acceptors (Lipinski definition) is 6. The quantitative estimate of drug-likeness (QED) is 0.413. The summed E-state index contributed by atoms with van der Waals surface area (Å²) in [6, 6.07) is 11.7. The highest BCUT2D eigenvalue weighted by Gasteiger charge is 2.33. The topological polar surface area (TPSA) is 115 Å². The van der Waals surface area contributed by atoms with Crippen molar-refractivity contribution in [1.82, 2.24) is 19.9 Å². The number of carbonyl (C=O) groups excluding carboxylic acids is 1. The predicted octanol–water partition coefficient (Wildman–Crippen LogP) is 2.31. The van der Waals surface area contributed by atoms with Crippen LogP contribution in [0.4, 0.5) is 14.6 Å². The average molecular weight is 477 g/mol. The number of nitrogens with two attached hydrogens (primary N) is 1. The molecule has 2 heterocycles. The summed E-state index contributed by atoms with van der Waals surface area (Å²) < 4.78 is 29.7. The Morgan fingerprint density at radius 3 is 2.55 bits per heavy atom. The van der Waals surface area contributed by atoms with E-state index in [1.54, 1.807) is 0 Å². The molecule has 0 spiro atoms. The Balaban J connectivity index is 1.67. The monoisotopic (exact) mass is 476 g/mol. The molecule has 0 fully saturated rings. The van der Waals surface area contributed by atoms with Crippen molar-refractivity contribution in [3.63, 3.8) is 0 Å². The van der Waals surface area contributed by atoms with E-state index in [0.29, 0.717) is 13.0 Å². The van der Waals surface area contributed by atoms with Crippen molar-refractivity contribution in [2.24, 2.45) is 5.73 Å². The number of aromatic nitrogens is 3. The van der Waals surface area contributed by atoms with Gasteiger partial charge in [-0.25, -0.2) is 4.98 Å². The molecule has 1 aromatic carbocycles. The van der Waals surface area contributed by atoms with E-state index in [2.05, 4.69) is 20.6 Å². The Kier molecular flexibility index (Phi) is 8.07. The van der Waals surface area contributed by atoms with Crippen LogP contribution in [0.2, 0.25) is 5.15 Å². The fourth-order valence-corrected chi connectivity index (χ4v) is 3.31. The molecule has 0 bridgehead atoms. The smallest absolute Gasteiger partial charge is 0.306 e. The van der Waals surface area contributed by atoms with Gasteiger partial charge in [-0.15, -0.1) is 0 Å². The maximum atomic E-state index is 14.4. The van der Waals surface area contributed by atoms with Crippen LogP contribution in [0.25, 0.3) is 0 Å². The van der Waals surface area contributed by atoms with Crippen molar-refractivity contribution in [2.75, 3.05) is 18.4 Å². The molecule has 0 aliphatic heterocycles. The molecule has 174 valence electrons. The maximum Gasteiger partial charge on any atom is 0.306 e. The van der Waals surface area contributed by atoms with Gasteiger partial charge in [0, 0.05) is 12.7 Å². The number of nitrogens with one attached hydrogen (secondary N) is 2. The molecule has 0 aliphatic carbocycles. The van der Waals surface area contributed by atoms with Crippen molar-refractivity contribution < 1.29 is 13.6 Å². The predicted molar refractivity (Wildman–Crippen MR) is 121 cm³/mol. The SMILES string of the molecule is NCCc1ccccc1CNC(=O)Cn1c(Cl)cnc(NCC(F)(F)c2ccccn2)c1=O. The van der Waals surface area contributed by atoms with E-state index in [1.165, 1.54) is 24.4 Å². The van der Waals surface area contributed by atoms with E-state index in [1.807, 2.05) is 24.3 Å². The van der Waals surface area contributed by atoms with Gasteiger partial charge >= 0.3 is 5.92 Å².